The highest BCUT2D eigenvalue weighted by Gasteiger charge is 2.17. The molecule has 1 rings (SSSR count). The zero-order valence-electron chi connectivity index (χ0n) is 10.7. The number of hydrogen-bond acceptors (Lipinski definition) is 3. The smallest absolute Gasteiger partial charge is 0.156 e. The van der Waals surface area contributed by atoms with Crippen molar-refractivity contribution in [3.05, 3.63) is 0 Å². The summed E-state index contributed by atoms with van der Waals surface area (Å²) in [5.74, 6) is 1.17. The van der Waals surface area contributed by atoms with Gasteiger partial charge in [0.25, 0.3) is 0 Å². The third-order valence-electron chi connectivity index (χ3n) is 2.50. The summed E-state index contributed by atoms with van der Waals surface area (Å²) in [5, 5.41) is 4.57. The van der Waals surface area contributed by atoms with Gasteiger partial charge in [-0.15, -0.1) is 0 Å². The highest BCUT2D eigenvalue weighted by atomic mass is 32.2. The quantitative estimate of drug-likeness (QED) is 0.699. The Morgan fingerprint density at radius 3 is 2.94 bits per heavy atom. The van der Waals surface area contributed by atoms with E-state index >= 15 is 0 Å². The number of rotatable bonds is 7. The molecule has 1 aliphatic heterocycles. The number of amidine groups is 1. The van der Waals surface area contributed by atoms with Crippen LogP contribution in [0.5, 0.6) is 0 Å². The Kier molecular flexibility index (Phi) is 6.88. The van der Waals surface area contributed by atoms with Gasteiger partial charge in [-0.25, -0.2) is 0 Å². The molecule has 1 saturated heterocycles. The van der Waals surface area contributed by atoms with Crippen LogP contribution in [0.3, 0.4) is 0 Å². The number of hydrogen-bond donors (Lipinski definition) is 1. The van der Waals surface area contributed by atoms with Crippen LogP contribution < -0.4 is 5.32 Å². The largest absolute Gasteiger partial charge is 0.379 e. The topological polar surface area (TPSA) is 33.6 Å². The van der Waals surface area contributed by atoms with Gasteiger partial charge in [0.2, 0.25) is 0 Å². The number of unbranched alkanes of at least 4 members (excludes halogenated alkanes) is 1. The van der Waals surface area contributed by atoms with Gasteiger partial charge in [-0.3, -0.25) is 4.99 Å². The molecule has 0 aromatic carbocycles. The molecule has 1 heterocycles. The zero-order valence-corrected chi connectivity index (χ0v) is 11.5. The molecule has 0 aromatic rings. The van der Waals surface area contributed by atoms with Crippen molar-refractivity contribution in [2.45, 2.75) is 52.2 Å². The molecular formula is C12H24N2OS. The maximum atomic E-state index is 5.48. The maximum absolute atomic E-state index is 5.48. The van der Waals surface area contributed by atoms with Crippen LogP contribution in [0.2, 0.25) is 0 Å². The minimum absolute atomic E-state index is 0.351. The van der Waals surface area contributed by atoms with Crippen molar-refractivity contribution < 1.29 is 4.74 Å². The summed E-state index contributed by atoms with van der Waals surface area (Å²) >= 11 is 1.85. The summed E-state index contributed by atoms with van der Waals surface area (Å²) < 4.78 is 5.48. The molecule has 16 heavy (non-hydrogen) atoms. The predicted octanol–water partition coefficient (Wildman–Crippen LogP) is 2.66. The number of nitrogens with zero attached hydrogens (tertiary/aromatic N) is 1. The van der Waals surface area contributed by atoms with Gasteiger partial charge in [-0.05, 0) is 33.1 Å². The van der Waals surface area contributed by atoms with E-state index in [0.717, 1.165) is 31.2 Å². The Bertz CT molecular complexity index is 219. The van der Waals surface area contributed by atoms with Crippen molar-refractivity contribution in [3.63, 3.8) is 0 Å². The van der Waals surface area contributed by atoms with E-state index in [1.54, 1.807) is 0 Å². The SMILES string of the molecule is CCC1CSC(=NCCCCOC(C)C)N1. The molecule has 3 nitrogen and oxygen atoms in total. The summed E-state index contributed by atoms with van der Waals surface area (Å²) in [4.78, 5) is 4.55. The van der Waals surface area contributed by atoms with E-state index in [2.05, 4.69) is 31.1 Å². The van der Waals surface area contributed by atoms with Crippen LogP contribution in [0.1, 0.15) is 40.0 Å². The second kappa shape index (κ2) is 7.96. The minimum Gasteiger partial charge on any atom is -0.379 e. The Hall–Kier alpha value is -0.220. The van der Waals surface area contributed by atoms with Crippen molar-refractivity contribution in [2.24, 2.45) is 4.99 Å². The minimum atomic E-state index is 0.351. The molecule has 0 aromatic heterocycles. The van der Waals surface area contributed by atoms with E-state index in [1.807, 2.05) is 11.8 Å². The Balaban J connectivity index is 2.00. The van der Waals surface area contributed by atoms with E-state index in [-0.39, 0.29) is 0 Å². The first-order valence-electron chi connectivity index (χ1n) is 6.27. The van der Waals surface area contributed by atoms with Crippen molar-refractivity contribution in [1.82, 2.24) is 5.32 Å². The Labute approximate surface area is 103 Å². The van der Waals surface area contributed by atoms with Crippen LogP contribution in [0.25, 0.3) is 0 Å². The summed E-state index contributed by atoms with van der Waals surface area (Å²) in [6, 6.07) is 0.632. The van der Waals surface area contributed by atoms with Crippen LogP contribution in [0.15, 0.2) is 4.99 Å². The molecule has 0 amide bonds. The maximum Gasteiger partial charge on any atom is 0.156 e. The first-order valence-corrected chi connectivity index (χ1v) is 7.26. The first kappa shape index (κ1) is 13.8. The van der Waals surface area contributed by atoms with Gasteiger partial charge in [-0.1, -0.05) is 18.7 Å². The molecule has 1 N–H and O–H groups in total. The van der Waals surface area contributed by atoms with Gasteiger partial charge >= 0.3 is 0 Å². The second-order valence-corrected chi connectivity index (χ2v) is 5.38. The van der Waals surface area contributed by atoms with Crippen LogP contribution >= 0.6 is 11.8 Å². The van der Waals surface area contributed by atoms with Gasteiger partial charge in [0.1, 0.15) is 0 Å². The lowest BCUT2D eigenvalue weighted by molar-refractivity contribution is 0.0764. The van der Waals surface area contributed by atoms with Crippen molar-refractivity contribution in [1.29, 1.82) is 0 Å². The van der Waals surface area contributed by atoms with Crippen LogP contribution in [-0.2, 0) is 4.74 Å². The lowest BCUT2D eigenvalue weighted by Crippen LogP contribution is -2.25. The van der Waals surface area contributed by atoms with Crippen LogP contribution in [-0.4, -0.2) is 36.2 Å². The van der Waals surface area contributed by atoms with E-state index in [9.17, 15) is 0 Å². The molecule has 0 saturated carbocycles. The summed E-state index contributed by atoms with van der Waals surface area (Å²) in [6.07, 6.45) is 3.77. The lowest BCUT2D eigenvalue weighted by atomic mass is 10.3. The first-order chi connectivity index (χ1) is 7.72. The lowest BCUT2D eigenvalue weighted by Gasteiger charge is -2.06. The van der Waals surface area contributed by atoms with E-state index in [4.69, 9.17) is 4.74 Å². The summed E-state index contributed by atoms with van der Waals surface area (Å²) in [7, 11) is 0. The predicted molar refractivity (Wildman–Crippen MR) is 72.3 cm³/mol. The average molecular weight is 244 g/mol. The molecule has 0 bridgehead atoms. The highest BCUT2D eigenvalue weighted by Crippen LogP contribution is 2.15. The van der Waals surface area contributed by atoms with Crippen LogP contribution in [0.4, 0.5) is 0 Å². The van der Waals surface area contributed by atoms with E-state index < -0.39 is 0 Å². The fourth-order valence-electron chi connectivity index (χ4n) is 1.46. The Morgan fingerprint density at radius 2 is 2.31 bits per heavy atom. The number of nitrogens with one attached hydrogen (secondary N) is 1. The van der Waals surface area contributed by atoms with Gasteiger partial charge in [0.15, 0.2) is 5.17 Å². The summed E-state index contributed by atoms with van der Waals surface area (Å²) in [5.41, 5.74) is 0. The molecule has 1 unspecified atom stereocenters. The zero-order chi connectivity index (χ0) is 11.8. The van der Waals surface area contributed by atoms with Gasteiger partial charge in [-0.2, -0.15) is 0 Å². The van der Waals surface area contributed by atoms with Gasteiger partial charge < -0.3 is 10.1 Å². The molecule has 0 spiro atoms. The highest BCUT2D eigenvalue weighted by molar-refractivity contribution is 8.14. The van der Waals surface area contributed by atoms with Gasteiger partial charge in [0, 0.05) is 24.9 Å². The Morgan fingerprint density at radius 1 is 1.50 bits per heavy atom. The monoisotopic (exact) mass is 244 g/mol. The van der Waals surface area contributed by atoms with Crippen molar-refractivity contribution in [2.75, 3.05) is 18.9 Å². The fraction of sp³-hybridized carbons (Fsp3) is 0.917. The standard InChI is InChI=1S/C12H24N2OS/c1-4-11-9-16-12(14-11)13-7-5-6-8-15-10(2)3/h10-11H,4-9H2,1-3H3,(H,13,14). The molecule has 94 valence electrons. The molecule has 1 fully saturated rings. The number of ether oxygens (including phenoxy) is 1. The normalized spacial score (nSPS) is 23.0. The molecule has 0 radical (unpaired) electrons. The molecular weight excluding hydrogens is 220 g/mol. The van der Waals surface area contributed by atoms with Crippen molar-refractivity contribution >= 4 is 16.9 Å². The molecule has 0 aliphatic carbocycles. The third-order valence-corrected chi connectivity index (χ3v) is 3.59. The van der Waals surface area contributed by atoms with E-state index in [0.29, 0.717) is 12.1 Å². The van der Waals surface area contributed by atoms with Crippen LogP contribution in [0, 0.1) is 0 Å². The summed E-state index contributed by atoms with van der Waals surface area (Å²) in [6.45, 7) is 8.15. The number of aliphatic imine (C=N–C) groups is 1. The third kappa shape index (κ3) is 5.75. The molecule has 1 aliphatic rings. The molecule has 4 heteroatoms. The van der Waals surface area contributed by atoms with Crippen molar-refractivity contribution in [3.8, 4) is 0 Å². The average Bonchev–Trinajstić information content (AvgIpc) is 2.70. The van der Waals surface area contributed by atoms with E-state index in [1.165, 1.54) is 12.2 Å². The fourth-order valence-corrected chi connectivity index (χ4v) is 2.57. The molecule has 1 atom stereocenters. The number of thioether (sulfide) groups is 1. The van der Waals surface area contributed by atoms with Gasteiger partial charge in [0.05, 0.1) is 6.10 Å². The second-order valence-electron chi connectivity index (χ2n) is 4.37.